The number of ketones is 1. The summed E-state index contributed by atoms with van der Waals surface area (Å²) in [7, 11) is 0. The van der Waals surface area contributed by atoms with Crippen molar-refractivity contribution in [3.05, 3.63) is 78.4 Å². The summed E-state index contributed by atoms with van der Waals surface area (Å²) in [5.41, 5.74) is 2.49. The summed E-state index contributed by atoms with van der Waals surface area (Å²) < 4.78 is 0. The minimum atomic E-state index is -0.500. The Balaban J connectivity index is 2.33. The third-order valence-corrected chi connectivity index (χ3v) is 4.01. The van der Waals surface area contributed by atoms with Crippen LogP contribution in [0.3, 0.4) is 0 Å². The molecule has 2 rings (SSSR count). The van der Waals surface area contributed by atoms with Crippen molar-refractivity contribution in [2.24, 2.45) is 0 Å². The van der Waals surface area contributed by atoms with Crippen LogP contribution >= 0.6 is 0 Å². The van der Waals surface area contributed by atoms with E-state index in [-0.39, 0.29) is 11.8 Å². The lowest BCUT2D eigenvalue weighted by Gasteiger charge is -2.29. The van der Waals surface area contributed by atoms with E-state index in [2.05, 4.69) is 27.4 Å². The molecule has 2 aromatic rings. The highest BCUT2D eigenvalue weighted by Crippen LogP contribution is 2.32. The van der Waals surface area contributed by atoms with Crippen LogP contribution < -0.4 is 4.90 Å². The Hall–Kier alpha value is -2.68. The quantitative estimate of drug-likeness (QED) is 0.582. The second kappa shape index (κ2) is 7.93. The van der Waals surface area contributed by atoms with Crippen molar-refractivity contribution in [1.82, 2.24) is 0 Å². The van der Waals surface area contributed by atoms with Gasteiger partial charge in [-0.2, -0.15) is 0 Å². The third kappa shape index (κ3) is 4.66. The Kier molecular flexibility index (Phi) is 5.92. The summed E-state index contributed by atoms with van der Waals surface area (Å²) in [6.07, 6.45) is 1.75. The molecule has 0 atom stereocenters. The van der Waals surface area contributed by atoms with Gasteiger partial charge in [-0.15, -0.1) is 6.58 Å². The highest BCUT2D eigenvalue weighted by Gasteiger charge is 2.27. The van der Waals surface area contributed by atoms with E-state index in [1.807, 2.05) is 54.6 Å². The van der Waals surface area contributed by atoms with Crippen LogP contribution in [0, 0.1) is 0 Å². The zero-order valence-electron chi connectivity index (χ0n) is 15.2. The lowest BCUT2D eigenvalue weighted by Crippen LogP contribution is -2.39. The van der Waals surface area contributed by atoms with Gasteiger partial charge >= 0.3 is 0 Å². The number of amides is 1. The molecule has 0 aliphatic rings. The third-order valence-electron chi connectivity index (χ3n) is 4.01. The summed E-state index contributed by atoms with van der Waals surface area (Å²) >= 11 is 0. The predicted molar refractivity (Wildman–Crippen MR) is 103 cm³/mol. The molecule has 3 nitrogen and oxygen atoms in total. The maximum absolute atomic E-state index is 12.8. The van der Waals surface area contributed by atoms with Gasteiger partial charge in [-0.25, -0.2) is 0 Å². The van der Waals surface area contributed by atoms with Crippen molar-refractivity contribution in [3.63, 3.8) is 0 Å². The molecule has 0 saturated carbocycles. The van der Waals surface area contributed by atoms with Crippen molar-refractivity contribution in [2.75, 3.05) is 11.4 Å². The Bertz CT molecular complexity index is 757. The van der Waals surface area contributed by atoms with Crippen molar-refractivity contribution >= 4 is 17.4 Å². The van der Waals surface area contributed by atoms with E-state index in [9.17, 15) is 9.59 Å². The molecule has 0 heterocycles. The van der Waals surface area contributed by atoms with E-state index >= 15 is 0 Å². The van der Waals surface area contributed by atoms with Crippen LogP contribution in [-0.4, -0.2) is 18.2 Å². The van der Waals surface area contributed by atoms with E-state index in [0.717, 1.165) is 16.8 Å². The topological polar surface area (TPSA) is 37.4 Å². The molecular formula is C22H25NO2. The van der Waals surface area contributed by atoms with E-state index in [4.69, 9.17) is 0 Å². The van der Waals surface area contributed by atoms with Crippen molar-refractivity contribution in [2.45, 2.75) is 32.6 Å². The van der Waals surface area contributed by atoms with Crippen molar-refractivity contribution < 1.29 is 9.59 Å². The number of carbonyl (C=O) groups excluding carboxylic acids is 2. The van der Waals surface area contributed by atoms with Gasteiger partial charge in [0.25, 0.3) is 5.91 Å². The minimum absolute atomic E-state index is 0.102. The maximum atomic E-state index is 12.8. The summed E-state index contributed by atoms with van der Waals surface area (Å²) in [5.74, 6) is -0.919. The van der Waals surface area contributed by atoms with Gasteiger partial charge in [-0.05, 0) is 22.6 Å². The molecule has 0 aliphatic carbocycles. The van der Waals surface area contributed by atoms with E-state index in [1.165, 1.54) is 4.90 Å². The van der Waals surface area contributed by atoms with Gasteiger partial charge in [0.2, 0.25) is 5.78 Å². The second-order valence-electron chi connectivity index (χ2n) is 7.06. The zero-order chi connectivity index (χ0) is 18.4. The average Bonchev–Trinajstić information content (AvgIpc) is 2.59. The molecule has 0 N–H and O–H groups in total. The lowest BCUT2D eigenvalue weighted by atomic mass is 9.85. The molecule has 130 valence electrons. The fourth-order valence-corrected chi connectivity index (χ4v) is 2.77. The average molecular weight is 335 g/mol. The van der Waals surface area contributed by atoms with Gasteiger partial charge in [0.1, 0.15) is 0 Å². The molecule has 0 unspecified atom stereocenters. The first kappa shape index (κ1) is 18.7. The molecule has 1 amide bonds. The Morgan fingerprint density at radius 3 is 2.20 bits per heavy atom. The highest BCUT2D eigenvalue weighted by atomic mass is 16.2. The first-order valence-electron chi connectivity index (χ1n) is 8.43. The highest BCUT2D eigenvalue weighted by molar-refractivity contribution is 6.41. The van der Waals surface area contributed by atoms with Crippen LogP contribution in [0.15, 0.2) is 67.3 Å². The number of carbonyl (C=O) groups is 2. The monoisotopic (exact) mass is 335 g/mol. The molecule has 0 radical (unpaired) electrons. The largest absolute Gasteiger partial charge is 0.302 e. The number of rotatable bonds is 6. The van der Waals surface area contributed by atoms with Crippen molar-refractivity contribution in [3.8, 4) is 0 Å². The van der Waals surface area contributed by atoms with Crippen LogP contribution in [0.25, 0.3) is 0 Å². The molecule has 2 aromatic carbocycles. The molecule has 3 heteroatoms. The van der Waals surface area contributed by atoms with Crippen LogP contribution in [-0.2, 0) is 21.4 Å². The molecule has 0 bridgehead atoms. The first-order chi connectivity index (χ1) is 11.8. The lowest BCUT2D eigenvalue weighted by molar-refractivity contribution is -0.135. The molecule has 0 aliphatic heterocycles. The van der Waals surface area contributed by atoms with Gasteiger partial charge in [0.15, 0.2) is 0 Å². The molecule has 25 heavy (non-hydrogen) atoms. The van der Waals surface area contributed by atoms with E-state index in [0.29, 0.717) is 6.54 Å². The van der Waals surface area contributed by atoms with Crippen LogP contribution in [0.2, 0.25) is 0 Å². The molecule has 0 saturated heterocycles. The summed E-state index contributed by atoms with van der Waals surface area (Å²) in [6.45, 7) is 10.3. The summed E-state index contributed by atoms with van der Waals surface area (Å²) in [5, 5.41) is 0. The number of Topliss-reactive ketones (excluding diaryl/α,β-unsaturated/α-hetero) is 1. The van der Waals surface area contributed by atoms with E-state index < -0.39 is 11.7 Å². The number of para-hydroxylation sites is 1. The standard InChI is InChI=1S/C22H25NO2/c1-5-15-23(19-14-10-9-13-18(19)22(2,3)4)21(25)20(24)16-17-11-7-6-8-12-17/h5-14H,1,15-16H2,2-4H3. The maximum Gasteiger partial charge on any atom is 0.295 e. The number of hydrogen-bond acceptors (Lipinski definition) is 2. The molecular weight excluding hydrogens is 310 g/mol. The fraction of sp³-hybridized carbons (Fsp3) is 0.273. The summed E-state index contributed by atoms with van der Waals surface area (Å²) in [6, 6.07) is 17.0. The first-order valence-corrected chi connectivity index (χ1v) is 8.43. The smallest absolute Gasteiger partial charge is 0.295 e. The van der Waals surface area contributed by atoms with E-state index in [1.54, 1.807) is 6.08 Å². The fourth-order valence-electron chi connectivity index (χ4n) is 2.77. The van der Waals surface area contributed by atoms with Crippen LogP contribution in [0.1, 0.15) is 31.9 Å². The van der Waals surface area contributed by atoms with Crippen LogP contribution in [0.5, 0.6) is 0 Å². The Morgan fingerprint density at radius 2 is 1.60 bits per heavy atom. The minimum Gasteiger partial charge on any atom is -0.302 e. The molecule has 0 spiro atoms. The van der Waals surface area contributed by atoms with Gasteiger partial charge in [0, 0.05) is 18.7 Å². The van der Waals surface area contributed by atoms with Gasteiger partial charge in [-0.1, -0.05) is 75.4 Å². The predicted octanol–water partition coefficient (Wildman–Crippen LogP) is 4.31. The molecule has 0 fully saturated rings. The van der Waals surface area contributed by atoms with Gasteiger partial charge in [0.05, 0.1) is 0 Å². The Morgan fingerprint density at radius 1 is 1.00 bits per heavy atom. The van der Waals surface area contributed by atoms with Crippen LogP contribution in [0.4, 0.5) is 5.69 Å². The number of anilines is 1. The number of benzene rings is 2. The second-order valence-corrected chi connectivity index (χ2v) is 7.06. The SMILES string of the molecule is C=CCN(C(=O)C(=O)Cc1ccccc1)c1ccccc1C(C)(C)C. The van der Waals surface area contributed by atoms with Crippen molar-refractivity contribution in [1.29, 1.82) is 0 Å². The van der Waals surface area contributed by atoms with Gasteiger partial charge in [-0.3, -0.25) is 9.59 Å². The number of hydrogen-bond donors (Lipinski definition) is 0. The Labute approximate surface area is 150 Å². The molecule has 0 aromatic heterocycles. The normalized spacial score (nSPS) is 11.0. The van der Waals surface area contributed by atoms with Gasteiger partial charge < -0.3 is 4.90 Å². The summed E-state index contributed by atoms with van der Waals surface area (Å²) in [4.78, 5) is 26.9. The zero-order valence-corrected chi connectivity index (χ0v) is 15.2. The number of nitrogens with zero attached hydrogens (tertiary/aromatic N) is 1.